The molecule has 1 aromatic carbocycles. The molecule has 0 aromatic heterocycles. The fraction of sp³-hybridized carbons (Fsp3) is 0.400. The summed E-state index contributed by atoms with van der Waals surface area (Å²) in [6.07, 6.45) is 7.00. The fourth-order valence-corrected chi connectivity index (χ4v) is 2.60. The second-order valence-electron chi connectivity index (χ2n) is 6.37. The van der Waals surface area contributed by atoms with Crippen molar-refractivity contribution >= 4 is 17.9 Å². The van der Waals surface area contributed by atoms with Gasteiger partial charge in [0, 0.05) is 19.2 Å². The average Bonchev–Trinajstić information content (AvgIpc) is 2.61. The van der Waals surface area contributed by atoms with E-state index in [1.165, 1.54) is 17.1 Å². The number of benzene rings is 1. The Bertz CT molecular complexity index is 723. The van der Waals surface area contributed by atoms with Crippen LogP contribution in [-0.4, -0.2) is 62.5 Å². The van der Waals surface area contributed by atoms with E-state index < -0.39 is 0 Å². The van der Waals surface area contributed by atoms with E-state index >= 15 is 0 Å². The first-order valence-electron chi connectivity index (χ1n) is 8.58. The summed E-state index contributed by atoms with van der Waals surface area (Å²) in [5.74, 6) is 0.730. The number of ether oxygens (including phenoxy) is 2. The first-order valence-corrected chi connectivity index (χ1v) is 8.58. The van der Waals surface area contributed by atoms with E-state index in [9.17, 15) is 9.59 Å². The Hall–Kier alpha value is -2.60. The van der Waals surface area contributed by atoms with Crippen LogP contribution in [-0.2, 0) is 9.59 Å². The molecule has 1 aliphatic rings. The van der Waals surface area contributed by atoms with Gasteiger partial charge in [-0.1, -0.05) is 6.08 Å². The SMILES string of the molecule is COc1cc(/C=C/C(=O)N2CCC=CC2=O)cc(C)c1OCCN(C)C. The van der Waals surface area contributed by atoms with Crippen molar-refractivity contribution < 1.29 is 19.1 Å². The molecule has 0 unspecified atom stereocenters. The molecule has 26 heavy (non-hydrogen) atoms. The zero-order valence-electron chi connectivity index (χ0n) is 15.8. The van der Waals surface area contributed by atoms with E-state index in [1.807, 2.05) is 38.1 Å². The van der Waals surface area contributed by atoms with E-state index in [0.29, 0.717) is 31.1 Å². The largest absolute Gasteiger partial charge is 0.493 e. The van der Waals surface area contributed by atoms with Gasteiger partial charge >= 0.3 is 0 Å². The number of imide groups is 1. The Morgan fingerprint density at radius 2 is 2.12 bits per heavy atom. The van der Waals surface area contributed by atoms with Crippen LogP contribution in [0.5, 0.6) is 11.5 Å². The van der Waals surface area contributed by atoms with Gasteiger partial charge < -0.3 is 14.4 Å². The summed E-state index contributed by atoms with van der Waals surface area (Å²) in [6, 6.07) is 3.74. The molecular formula is C20H26N2O4. The summed E-state index contributed by atoms with van der Waals surface area (Å²) >= 11 is 0. The van der Waals surface area contributed by atoms with Crippen molar-refractivity contribution in [3.05, 3.63) is 41.5 Å². The molecule has 1 aliphatic heterocycles. The molecule has 0 saturated heterocycles. The first kappa shape index (κ1) is 19.7. The Kier molecular flexibility index (Phi) is 6.97. The zero-order chi connectivity index (χ0) is 19.1. The first-order chi connectivity index (χ1) is 12.4. The van der Waals surface area contributed by atoms with E-state index in [-0.39, 0.29) is 11.8 Å². The second-order valence-corrected chi connectivity index (χ2v) is 6.37. The minimum Gasteiger partial charge on any atom is -0.493 e. The maximum absolute atomic E-state index is 12.2. The molecule has 1 aromatic rings. The molecule has 6 nitrogen and oxygen atoms in total. The number of carbonyl (C=O) groups excluding carboxylic acids is 2. The lowest BCUT2D eigenvalue weighted by atomic mass is 10.1. The van der Waals surface area contributed by atoms with Gasteiger partial charge in [-0.3, -0.25) is 14.5 Å². The minimum atomic E-state index is -0.317. The molecule has 0 spiro atoms. The highest BCUT2D eigenvalue weighted by molar-refractivity contribution is 6.06. The van der Waals surface area contributed by atoms with Crippen LogP contribution in [0.15, 0.2) is 30.4 Å². The van der Waals surface area contributed by atoms with Crippen molar-refractivity contribution in [1.82, 2.24) is 9.80 Å². The molecule has 0 atom stereocenters. The van der Waals surface area contributed by atoms with Crippen LogP contribution in [0.1, 0.15) is 17.5 Å². The molecule has 0 saturated carbocycles. The highest BCUT2D eigenvalue weighted by Crippen LogP contribution is 2.32. The molecule has 1 heterocycles. The van der Waals surface area contributed by atoms with Crippen molar-refractivity contribution in [2.24, 2.45) is 0 Å². The standard InChI is InChI=1S/C20H26N2O4/c1-15-13-16(8-9-19(24)22-10-6-5-7-18(22)23)14-17(25-4)20(15)26-12-11-21(2)3/h5,7-9,13-14H,6,10-12H2,1-4H3/b9-8+. The number of amides is 2. The smallest absolute Gasteiger partial charge is 0.253 e. The highest BCUT2D eigenvalue weighted by atomic mass is 16.5. The quantitative estimate of drug-likeness (QED) is 0.700. The van der Waals surface area contributed by atoms with Crippen LogP contribution >= 0.6 is 0 Å². The molecule has 0 aliphatic carbocycles. The monoisotopic (exact) mass is 358 g/mol. The fourth-order valence-electron chi connectivity index (χ4n) is 2.60. The second kappa shape index (κ2) is 9.20. The number of methoxy groups -OCH3 is 1. The van der Waals surface area contributed by atoms with Crippen molar-refractivity contribution in [3.8, 4) is 11.5 Å². The van der Waals surface area contributed by atoms with Crippen LogP contribution in [0.2, 0.25) is 0 Å². The summed E-state index contributed by atoms with van der Waals surface area (Å²) < 4.78 is 11.3. The van der Waals surface area contributed by atoms with Crippen molar-refractivity contribution in [2.75, 3.05) is 40.9 Å². The van der Waals surface area contributed by atoms with Gasteiger partial charge in [-0.05, 0) is 62.9 Å². The zero-order valence-corrected chi connectivity index (χ0v) is 15.8. The number of likely N-dealkylation sites (N-methyl/N-ethyl adjacent to an activating group) is 1. The lowest BCUT2D eigenvalue weighted by molar-refractivity contribution is -0.139. The predicted octanol–water partition coefficient (Wildman–Crippen LogP) is 2.27. The van der Waals surface area contributed by atoms with Gasteiger partial charge in [0.2, 0.25) is 0 Å². The van der Waals surface area contributed by atoms with E-state index in [1.54, 1.807) is 19.3 Å². The van der Waals surface area contributed by atoms with Gasteiger partial charge in [-0.15, -0.1) is 0 Å². The highest BCUT2D eigenvalue weighted by Gasteiger charge is 2.19. The number of carbonyl (C=O) groups is 2. The van der Waals surface area contributed by atoms with Gasteiger partial charge in [-0.25, -0.2) is 0 Å². The summed E-state index contributed by atoms with van der Waals surface area (Å²) in [6.45, 7) is 3.71. The average molecular weight is 358 g/mol. The van der Waals surface area contributed by atoms with Crippen LogP contribution in [0.3, 0.4) is 0 Å². The van der Waals surface area contributed by atoms with Gasteiger partial charge in [-0.2, -0.15) is 0 Å². The topological polar surface area (TPSA) is 59.1 Å². The molecule has 0 N–H and O–H groups in total. The molecule has 6 heteroatoms. The molecule has 2 rings (SSSR count). The van der Waals surface area contributed by atoms with Gasteiger partial charge in [0.15, 0.2) is 11.5 Å². The number of rotatable bonds is 7. The summed E-state index contributed by atoms with van der Waals surface area (Å²) in [7, 11) is 5.56. The molecular weight excluding hydrogens is 332 g/mol. The molecule has 2 amide bonds. The van der Waals surface area contributed by atoms with E-state index in [0.717, 1.165) is 17.7 Å². The molecule has 0 radical (unpaired) electrons. The Morgan fingerprint density at radius 3 is 2.77 bits per heavy atom. The van der Waals surface area contributed by atoms with Crippen LogP contribution in [0, 0.1) is 6.92 Å². The van der Waals surface area contributed by atoms with Crippen molar-refractivity contribution in [3.63, 3.8) is 0 Å². The Balaban J connectivity index is 2.12. The lowest BCUT2D eigenvalue weighted by Crippen LogP contribution is -2.37. The number of nitrogens with zero attached hydrogens (tertiary/aromatic N) is 2. The Labute approximate surface area is 154 Å². The minimum absolute atomic E-state index is 0.274. The van der Waals surface area contributed by atoms with Gasteiger partial charge in [0.25, 0.3) is 11.8 Å². The Morgan fingerprint density at radius 1 is 1.35 bits per heavy atom. The molecule has 0 fully saturated rings. The summed E-state index contributed by atoms with van der Waals surface area (Å²) in [5, 5.41) is 0. The van der Waals surface area contributed by atoms with Gasteiger partial charge in [0.05, 0.1) is 7.11 Å². The van der Waals surface area contributed by atoms with E-state index in [4.69, 9.17) is 9.47 Å². The summed E-state index contributed by atoms with van der Waals surface area (Å²) in [4.78, 5) is 27.2. The third kappa shape index (κ3) is 5.20. The normalized spacial score (nSPS) is 14.3. The van der Waals surface area contributed by atoms with Crippen molar-refractivity contribution in [2.45, 2.75) is 13.3 Å². The number of hydrogen-bond donors (Lipinski definition) is 0. The van der Waals surface area contributed by atoms with Crippen LogP contribution in [0.4, 0.5) is 0 Å². The van der Waals surface area contributed by atoms with Gasteiger partial charge in [0.1, 0.15) is 6.61 Å². The third-order valence-corrected chi connectivity index (χ3v) is 4.00. The lowest BCUT2D eigenvalue weighted by Gasteiger charge is -2.19. The third-order valence-electron chi connectivity index (χ3n) is 4.00. The number of hydrogen-bond acceptors (Lipinski definition) is 5. The van der Waals surface area contributed by atoms with E-state index in [2.05, 4.69) is 0 Å². The predicted molar refractivity (Wildman–Crippen MR) is 101 cm³/mol. The number of aryl methyl sites for hydroxylation is 1. The maximum atomic E-state index is 12.2. The maximum Gasteiger partial charge on any atom is 0.253 e. The molecule has 0 bridgehead atoms. The molecule has 140 valence electrons. The summed E-state index contributed by atoms with van der Waals surface area (Å²) in [5.41, 5.74) is 1.74. The van der Waals surface area contributed by atoms with Crippen LogP contribution in [0.25, 0.3) is 6.08 Å². The van der Waals surface area contributed by atoms with Crippen LogP contribution < -0.4 is 9.47 Å². The van der Waals surface area contributed by atoms with Crippen molar-refractivity contribution in [1.29, 1.82) is 0 Å².